The molecule has 0 saturated heterocycles. The lowest BCUT2D eigenvalue weighted by Gasteiger charge is -2.16. The molecule has 1 N–H and O–H groups in total. The molecule has 9 heteroatoms. The molecule has 2 rings (SSSR count). The molecule has 0 unspecified atom stereocenters. The van der Waals surface area contributed by atoms with E-state index in [4.69, 9.17) is 0 Å². The van der Waals surface area contributed by atoms with Crippen molar-refractivity contribution in [3.63, 3.8) is 0 Å². The molecule has 2 aromatic heterocycles. The second kappa shape index (κ2) is 5.73. The number of hydrogen-bond acceptors (Lipinski definition) is 6. The standard InChI is InChI=1S/C11H13N3O4S2/c1-14(7-8-5-12-13-6-8)20(16,17)9-3-4-19-10(9)11(15)18-2/h3-6H,7H2,1-2H3,(H,12,13). The zero-order chi connectivity index (χ0) is 14.8. The first-order valence-electron chi connectivity index (χ1n) is 5.56. The second-order valence-electron chi connectivity index (χ2n) is 3.97. The third-order valence-electron chi connectivity index (χ3n) is 2.65. The van der Waals surface area contributed by atoms with Crippen LogP contribution in [0.4, 0.5) is 0 Å². The van der Waals surface area contributed by atoms with Gasteiger partial charge in [-0.25, -0.2) is 13.2 Å². The molecule has 0 fully saturated rings. The van der Waals surface area contributed by atoms with Crippen LogP contribution in [0.2, 0.25) is 0 Å². The number of carbonyl (C=O) groups is 1. The van der Waals surface area contributed by atoms with E-state index in [9.17, 15) is 13.2 Å². The molecule has 0 radical (unpaired) electrons. The number of thiophene rings is 1. The molecule has 7 nitrogen and oxygen atoms in total. The molecular weight excluding hydrogens is 302 g/mol. The maximum atomic E-state index is 12.5. The zero-order valence-corrected chi connectivity index (χ0v) is 12.5. The van der Waals surface area contributed by atoms with Crippen molar-refractivity contribution in [2.75, 3.05) is 14.2 Å². The average molecular weight is 315 g/mol. The molecule has 0 bridgehead atoms. The zero-order valence-electron chi connectivity index (χ0n) is 10.9. The average Bonchev–Trinajstić information content (AvgIpc) is 3.08. The number of esters is 1. The Morgan fingerprint density at radius 1 is 1.55 bits per heavy atom. The highest BCUT2D eigenvalue weighted by Gasteiger charge is 2.28. The fourth-order valence-electron chi connectivity index (χ4n) is 1.62. The lowest BCUT2D eigenvalue weighted by molar-refractivity contribution is 0.0602. The van der Waals surface area contributed by atoms with Crippen molar-refractivity contribution in [3.05, 3.63) is 34.3 Å². The van der Waals surface area contributed by atoms with Crippen LogP contribution in [-0.2, 0) is 21.3 Å². The number of H-pyrrole nitrogens is 1. The maximum absolute atomic E-state index is 12.5. The molecule has 2 heterocycles. The molecule has 0 aromatic carbocycles. The number of nitrogens with one attached hydrogen (secondary N) is 1. The van der Waals surface area contributed by atoms with Crippen LogP contribution in [0.5, 0.6) is 0 Å². The number of aromatic nitrogens is 2. The Hall–Kier alpha value is -1.71. The summed E-state index contributed by atoms with van der Waals surface area (Å²) in [7, 11) is -1.09. The van der Waals surface area contributed by atoms with Gasteiger partial charge in [-0.3, -0.25) is 5.10 Å². The van der Waals surface area contributed by atoms with Crippen molar-refractivity contribution in [2.24, 2.45) is 0 Å². The van der Waals surface area contributed by atoms with Gasteiger partial charge in [0.05, 0.1) is 13.3 Å². The number of methoxy groups -OCH3 is 1. The van der Waals surface area contributed by atoms with E-state index in [0.29, 0.717) is 0 Å². The summed E-state index contributed by atoms with van der Waals surface area (Å²) in [6.07, 6.45) is 3.15. The molecule has 0 amide bonds. The summed E-state index contributed by atoms with van der Waals surface area (Å²) in [5, 5.41) is 7.92. The van der Waals surface area contributed by atoms with Gasteiger partial charge < -0.3 is 4.74 Å². The third kappa shape index (κ3) is 2.74. The Bertz CT molecular complexity index is 691. The predicted octanol–water partition coefficient (Wildman–Crippen LogP) is 1.08. The van der Waals surface area contributed by atoms with Gasteiger partial charge in [0.15, 0.2) is 0 Å². The summed E-state index contributed by atoms with van der Waals surface area (Å²) >= 11 is 1.04. The van der Waals surface area contributed by atoms with Crippen molar-refractivity contribution in [1.82, 2.24) is 14.5 Å². The van der Waals surface area contributed by atoms with Gasteiger partial charge in [-0.2, -0.15) is 9.40 Å². The van der Waals surface area contributed by atoms with E-state index < -0.39 is 16.0 Å². The van der Waals surface area contributed by atoms with Gasteiger partial charge in [0.25, 0.3) is 0 Å². The topological polar surface area (TPSA) is 92.4 Å². The Labute approximate surface area is 120 Å². The van der Waals surface area contributed by atoms with E-state index in [1.54, 1.807) is 17.8 Å². The minimum atomic E-state index is -3.76. The maximum Gasteiger partial charge on any atom is 0.349 e. The van der Waals surface area contributed by atoms with Gasteiger partial charge in [-0.1, -0.05) is 0 Å². The van der Waals surface area contributed by atoms with Crippen LogP contribution in [0.3, 0.4) is 0 Å². The molecule has 20 heavy (non-hydrogen) atoms. The molecule has 2 aromatic rings. The number of hydrogen-bond donors (Lipinski definition) is 1. The van der Waals surface area contributed by atoms with Crippen LogP contribution in [0.1, 0.15) is 15.2 Å². The van der Waals surface area contributed by atoms with Crippen molar-refractivity contribution < 1.29 is 17.9 Å². The monoisotopic (exact) mass is 315 g/mol. The van der Waals surface area contributed by atoms with E-state index in [2.05, 4.69) is 14.9 Å². The number of aromatic amines is 1. The van der Waals surface area contributed by atoms with Crippen molar-refractivity contribution >= 4 is 27.3 Å². The van der Waals surface area contributed by atoms with Crippen molar-refractivity contribution in [1.29, 1.82) is 0 Å². The first kappa shape index (κ1) is 14.7. The van der Waals surface area contributed by atoms with Crippen LogP contribution < -0.4 is 0 Å². The lowest BCUT2D eigenvalue weighted by Crippen LogP contribution is -2.27. The van der Waals surface area contributed by atoms with Crippen LogP contribution in [0, 0.1) is 0 Å². The highest BCUT2D eigenvalue weighted by molar-refractivity contribution is 7.89. The minimum Gasteiger partial charge on any atom is -0.465 e. The minimum absolute atomic E-state index is 0.0413. The summed E-state index contributed by atoms with van der Waals surface area (Å²) in [6.45, 7) is 0.162. The number of nitrogens with zero attached hydrogens (tertiary/aromatic N) is 2. The number of rotatable bonds is 5. The lowest BCUT2D eigenvalue weighted by atomic mass is 10.4. The summed E-state index contributed by atoms with van der Waals surface area (Å²) in [4.78, 5) is 11.6. The highest BCUT2D eigenvalue weighted by atomic mass is 32.2. The van der Waals surface area contributed by atoms with E-state index >= 15 is 0 Å². The van der Waals surface area contributed by atoms with Gasteiger partial charge in [0.2, 0.25) is 10.0 Å². The molecule has 0 spiro atoms. The number of ether oxygens (including phenoxy) is 1. The smallest absolute Gasteiger partial charge is 0.349 e. The normalized spacial score (nSPS) is 11.8. The summed E-state index contributed by atoms with van der Waals surface area (Å²) < 4.78 is 30.7. The van der Waals surface area contributed by atoms with Crippen molar-refractivity contribution in [2.45, 2.75) is 11.4 Å². The fraction of sp³-hybridized carbons (Fsp3) is 0.273. The summed E-state index contributed by atoms with van der Waals surface area (Å²) in [5.74, 6) is -0.657. The second-order valence-corrected chi connectivity index (χ2v) is 6.90. The van der Waals surface area contributed by atoms with Gasteiger partial charge >= 0.3 is 5.97 Å². The summed E-state index contributed by atoms with van der Waals surface area (Å²) in [6, 6.07) is 1.40. The molecule has 0 atom stereocenters. The first-order valence-corrected chi connectivity index (χ1v) is 7.88. The van der Waals surface area contributed by atoms with Gasteiger partial charge in [-0.05, 0) is 11.4 Å². The fourth-order valence-corrected chi connectivity index (χ4v) is 4.08. The van der Waals surface area contributed by atoms with Crippen LogP contribution in [-0.4, -0.2) is 43.0 Å². The van der Waals surface area contributed by atoms with E-state index in [1.165, 1.54) is 20.2 Å². The third-order valence-corrected chi connectivity index (χ3v) is 5.52. The van der Waals surface area contributed by atoms with Gasteiger partial charge in [-0.15, -0.1) is 11.3 Å². The Balaban J connectivity index is 2.30. The Morgan fingerprint density at radius 3 is 2.90 bits per heavy atom. The number of sulfonamides is 1. The highest BCUT2D eigenvalue weighted by Crippen LogP contribution is 2.26. The van der Waals surface area contributed by atoms with Crippen LogP contribution in [0.25, 0.3) is 0 Å². The largest absolute Gasteiger partial charge is 0.465 e. The van der Waals surface area contributed by atoms with Gasteiger partial charge in [0.1, 0.15) is 9.77 Å². The summed E-state index contributed by atoms with van der Waals surface area (Å²) in [5.41, 5.74) is 0.728. The molecule has 108 valence electrons. The molecule has 0 saturated carbocycles. The van der Waals surface area contributed by atoms with Crippen molar-refractivity contribution in [3.8, 4) is 0 Å². The molecule has 0 aliphatic heterocycles. The van der Waals surface area contributed by atoms with Gasteiger partial charge in [0, 0.05) is 25.4 Å². The van der Waals surface area contributed by atoms with Crippen LogP contribution in [0.15, 0.2) is 28.7 Å². The quantitative estimate of drug-likeness (QED) is 0.833. The first-order chi connectivity index (χ1) is 9.46. The van der Waals surface area contributed by atoms with E-state index in [-0.39, 0.29) is 16.3 Å². The predicted molar refractivity (Wildman–Crippen MR) is 72.9 cm³/mol. The number of carbonyl (C=O) groups excluding carboxylic acids is 1. The SMILES string of the molecule is COC(=O)c1sccc1S(=O)(=O)N(C)Cc1cn[nH]c1. The Kier molecular flexibility index (Phi) is 4.21. The van der Waals surface area contributed by atoms with E-state index in [0.717, 1.165) is 21.2 Å². The molecular formula is C11H13N3O4S2. The molecule has 0 aliphatic rings. The van der Waals surface area contributed by atoms with Crippen LogP contribution >= 0.6 is 11.3 Å². The molecule has 0 aliphatic carbocycles. The van der Waals surface area contributed by atoms with E-state index in [1.807, 2.05) is 0 Å². The Morgan fingerprint density at radius 2 is 2.30 bits per heavy atom.